The van der Waals surface area contributed by atoms with Gasteiger partial charge < -0.3 is 29.2 Å². The van der Waals surface area contributed by atoms with E-state index in [1.807, 2.05) is 23.1 Å². The molecule has 1 amide bonds. The third kappa shape index (κ3) is 4.41. The van der Waals surface area contributed by atoms with Crippen molar-refractivity contribution in [3.63, 3.8) is 0 Å². The quantitative estimate of drug-likeness (QED) is 0.213. The van der Waals surface area contributed by atoms with Crippen molar-refractivity contribution >= 4 is 28.0 Å². The molecule has 7 heteroatoms. The summed E-state index contributed by atoms with van der Waals surface area (Å²) in [4.78, 5) is 14.3. The van der Waals surface area contributed by atoms with Gasteiger partial charge in [-0.05, 0) is 76.3 Å². The van der Waals surface area contributed by atoms with E-state index in [9.17, 15) is 4.79 Å². The third-order valence-electron chi connectivity index (χ3n) is 7.35. The second kappa shape index (κ2) is 11.2. The van der Waals surface area contributed by atoms with Gasteiger partial charge in [-0.1, -0.05) is 26.7 Å². The lowest BCUT2D eigenvalue weighted by molar-refractivity contribution is -0.122. The number of methoxy groups -OCH3 is 4. The summed E-state index contributed by atoms with van der Waals surface area (Å²) in [6.45, 7) is 5.78. The number of unbranched alkanes of at least 4 members (excludes halogenated alkanes) is 1. The highest BCUT2D eigenvalue weighted by Crippen LogP contribution is 2.48. The molecule has 1 N–H and O–H groups in total. The Morgan fingerprint density at radius 1 is 0.833 bits per heavy atom. The van der Waals surface area contributed by atoms with Gasteiger partial charge in [0.05, 0.1) is 40.5 Å². The van der Waals surface area contributed by atoms with Gasteiger partial charge >= 0.3 is 0 Å². The fraction of sp³-hybridized carbons (Fsp3) is 0.483. The monoisotopic (exact) mass is 494 g/mol. The van der Waals surface area contributed by atoms with Crippen molar-refractivity contribution < 1.29 is 23.7 Å². The first kappa shape index (κ1) is 25.9. The zero-order valence-corrected chi connectivity index (χ0v) is 22.3. The smallest absolute Gasteiger partial charge is 0.210 e. The number of hydrogen-bond donors (Lipinski definition) is 1. The summed E-state index contributed by atoms with van der Waals surface area (Å²) in [5, 5.41) is 8.05. The summed E-state index contributed by atoms with van der Waals surface area (Å²) in [6.07, 6.45) is 5.08. The van der Waals surface area contributed by atoms with Gasteiger partial charge in [0.25, 0.3) is 0 Å². The van der Waals surface area contributed by atoms with Crippen LogP contribution >= 0.6 is 0 Å². The zero-order valence-electron chi connectivity index (χ0n) is 22.3. The number of nitrogens with zero attached hydrogens (tertiary/aromatic N) is 1. The Bertz CT molecular complexity index is 1240. The predicted molar refractivity (Wildman–Crippen MR) is 144 cm³/mol. The SMILES string of the molecule is CCCCNC1c2c(c3cc(OC)c(OC)cc3c3cc(OC)c(OC)cc23)CN(C=O)C1CCC. The molecule has 2 atom stereocenters. The summed E-state index contributed by atoms with van der Waals surface area (Å²) in [6, 6.07) is 8.24. The lowest BCUT2D eigenvalue weighted by Crippen LogP contribution is -2.48. The number of rotatable bonds is 11. The van der Waals surface area contributed by atoms with Crippen molar-refractivity contribution in [2.75, 3.05) is 35.0 Å². The van der Waals surface area contributed by atoms with Gasteiger partial charge in [-0.25, -0.2) is 0 Å². The Morgan fingerprint density at radius 2 is 1.36 bits per heavy atom. The molecular weight excluding hydrogens is 456 g/mol. The molecule has 0 fully saturated rings. The summed E-state index contributed by atoms with van der Waals surface area (Å²) >= 11 is 0. The van der Waals surface area contributed by atoms with Gasteiger partial charge in [0, 0.05) is 6.54 Å². The molecule has 1 heterocycles. The molecule has 2 unspecified atom stereocenters. The minimum atomic E-state index is -0.0106. The van der Waals surface area contributed by atoms with E-state index in [-0.39, 0.29) is 12.1 Å². The van der Waals surface area contributed by atoms with Crippen molar-refractivity contribution in [2.24, 2.45) is 0 Å². The van der Waals surface area contributed by atoms with Crippen LogP contribution in [0, 0.1) is 0 Å². The van der Waals surface area contributed by atoms with Crippen LogP contribution in [0.1, 0.15) is 56.7 Å². The first-order valence-corrected chi connectivity index (χ1v) is 12.8. The number of ether oxygens (including phenoxy) is 4. The van der Waals surface area contributed by atoms with Crippen LogP contribution < -0.4 is 24.3 Å². The van der Waals surface area contributed by atoms with Gasteiger partial charge in [0.1, 0.15) is 0 Å². The van der Waals surface area contributed by atoms with Crippen LogP contribution in [0.25, 0.3) is 21.5 Å². The van der Waals surface area contributed by atoms with E-state index in [0.29, 0.717) is 29.5 Å². The van der Waals surface area contributed by atoms with Crippen LogP contribution in [-0.2, 0) is 11.3 Å². The van der Waals surface area contributed by atoms with Gasteiger partial charge in [-0.15, -0.1) is 0 Å². The Labute approximate surface area is 213 Å². The van der Waals surface area contributed by atoms with Crippen LogP contribution in [0.2, 0.25) is 0 Å². The maximum atomic E-state index is 12.4. The van der Waals surface area contributed by atoms with E-state index < -0.39 is 0 Å². The highest BCUT2D eigenvalue weighted by molar-refractivity contribution is 6.13. The number of benzene rings is 3. The Morgan fingerprint density at radius 3 is 1.86 bits per heavy atom. The fourth-order valence-electron chi connectivity index (χ4n) is 5.61. The molecule has 3 aromatic rings. The molecule has 7 nitrogen and oxygen atoms in total. The van der Waals surface area contributed by atoms with Crippen LogP contribution in [0.15, 0.2) is 24.3 Å². The summed E-state index contributed by atoms with van der Waals surface area (Å²) in [5.74, 6) is 2.68. The lowest BCUT2D eigenvalue weighted by atomic mass is 9.80. The molecular formula is C29H38N2O5. The lowest BCUT2D eigenvalue weighted by Gasteiger charge is -2.42. The molecule has 4 rings (SSSR count). The van der Waals surface area contributed by atoms with E-state index in [1.54, 1.807) is 28.4 Å². The molecule has 0 aromatic heterocycles. The predicted octanol–water partition coefficient (Wildman–Crippen LogP) is 5.60. The van der Waals surface area contributed by atoms with E-state index in [1.165, 1.54) is 5.56 Å². The highest BCUT2D eigenvalue weighted by atomic mass is 16.5. The van der Waals surface area contributed by atoms with E-state index in [4.69, 9.17) is 18.9 Å². The van der Waals surface area contributed by atoms with Crippen molar-refractivity contribution in [3.8, 4) is 23.0 Å². The maximum Gasteiger partial charge on any atom is 0.210 e. The molecule has 0 saturated heterocycles. The van der Waals surface area contributed by atoms with Crippen LogP contribution in [0.3, 0.4) is 0 Å². The standard InChI is InChI=1S/C29H38N2O5/c1-7-9-11-30-29-23(10-8-2)31(17-32)16-22-20-14-26(35-5)24(33-3)12-18(20)19-13-25(34-4)27(36-6)15-21(19)28(22)29/h12-15,17,23,29-30H,7-11,16H2,1-6H3. The van der Waals surface area contributed by atoms with Crippen molar-refractivity contribution in [1.82, 2.24) is 10.2 Å². The molecule has 1 aliphatic rings. The number of nitrogens with one attached hydrogen (secondary N) is 1. The number of fused-ring (bicyclic) bond motifs is 6. The molecule has 3 aromatic carbocycles. The van der Waals surface area contributed by atoms with Crippen LogP contribution in [0.4, 0.5) is 0 Å². The number of amides is 1. The van der Waals surface area contributed by atoms with Gasteiger partial charge in [-0.3, -0.25) is 4.79 Å². The molecule has 1 aliphatic heterocycles. The fourth-order valence-corrected chi connectivity index (χ4v) is 5.61. The molecule has 0 saturated carbocycles. The van der Waals surface area contributed by atoms with E-state index in [2.05, 4.69) is 25.2 Å². The van der Waals surface area contributed by atoms with Crippen molar-refractivity contribution in [2.45, 2.75) is 58.2 Å². The summed E-state index contributed by atoms with van der Waals surface area (Å²) in [7, 11) is 6.61. The van der Waals surface area contributed by atoms with Crippen LogP contribution in [-0.4, -0.2) is 52.3 Å². The Kier molecular flexibility index (Phi) is 8.09. The van der Waals surface area contributed by atoms with Gasteiger partial charge in [-0.2, -0.15) is 0 Å². The number of carbonyl (C=O) groups is 1. The second-order valence-corrected chi connectivity index (χ2v) is 9.32. The minimum absolute atomic E-state index is 0.0106. The van der Waals surface area contributed by atoms with E-state index >= 15 is 0 Å². The normalized spacial score (nSPS) is 17.2. The third-order valence-corrected chi connectivity index (χ3v) is 7.35. The first-order chi connectivity index (χ1) is 17.6. The molecule has 0 radical (unpaired) electrons. The van der Waals surface area contributed by atoms with Crippen molar-refractivity contribution in [3.05, 3.63) is 35.4 Å². The topological polar surface area (TPSA) is 69.3 Å². The number of hydrogen-bond acceptors (Lipinski definition) is 6. The highest BCUT2D eigenvalue weighted by Gasteiger charge is 2.37. The largest absolute Gasteiger partial charge is 0.493 e. The molecule has 36 heavy (non-hydrogen) atoms. The van der Waals surface area contributed by atoms with Gasteiger partial charge in [0.15, 0.2) is 23.0 Å². The Balaban J connectivity index is 2.14. The second-order valence-electron chi connectivity index (χ2n) is 9.32. The summed E-state index contributed by atoms with van der Waals surface area (Å²) < 4.78 is 22.7. The van der Waals surface area contributed by atoms with Crippen molar-refractivity contribution in [1.29, 1.82) is 0 Å². The molecule has 0 aliphatic carbocycles. The molecule has 0 spiro atoms. The van der Waals surface area contributed by atoms with E-state index in [0.717, 1.165) is 65.7 Å². The molecule has 194 valence electrons. The Hall–Kier alpha value is -3.19. The first-order valence-electron chi connectivity index (χ1n) is 12.8. The average Bonchev–Trinajstić information content (AvgIpc) is 2.92. The zero-order chi connectivity index (χ0) is 25.8. The number of carbonyl (C=O) groups excluding carboxylic acids is 1. The minimum Gasteiger partial charge on any atom is -0.493 e. The van der Waals surface area contributed by atoms with Gasteiger partial charge in [0.2, 0.25) is 6.41 Å². The molecule has 0 bridgehead atoms. The summed E-state index contributed by atoms with van der Waals surface area (Å²) in [5.41, 5.74) is 2.34. The van der Waals surface area contributed by atoms with Crippen LogP contribution in [0.5, 0.6) is 23.0 Å². The maximum absolute atomic E-state index is 12.4. The average molecular weight is 495 g/mol.